The van der Waals surface area contributed by atoms with Crippen molar-refractivity contribution in [1.82, 2.24) is 5.32 Å². The molecular weight excluding hydrogens is 678 g/mol. The summed E-state index contributed by atoms with van der Waals surface area (Å²) in [6, 6.07) is 27.0. The lowest BCUT2D eigenvalue weighted by Crippen LogP contribution is -2.61. The fourth-order valence-corrected chi connectivity index (χ4v) is 6.91. The van der Waals surface area contributed by atoms with Gasteiger partial charge in [0.2, 0.25) is 12.2 Å². The van der Waals surface area contributed by atoms with Gasteiger partial charge in [-0.2, -0.15) is 0 Å². The SMILES string of the molecule is COC(=O)C1=C(C[C@H](NC(C)=O)C(=O)OCc2ccccc2)O[C@H]2O[C@H](COC(C)=O)[C@@H](OCc3ccccc3)[C@H](OCc3ccccc3)[C@H]2S1. The van der Waals surface area contributed by atoms with E-state index in [-0.39, 0.29) is 43.5 Å². The first kappa shape index (κ1) is 37.6. The Bertz CT molecular complexity index is 1650. The van der Waals surface area contributed by atoms with Gasteiger partial charge in [0.25, 0.3) is 0 Å². The van der Waals surface area contributed by atoms with Crippen LogP contribution in [0.15, 0.2) is 102 Å². The molecule has 0 aromatic heterocycles. The number of thioether (sulfide) groups is 1. The van der Waals surface area contributed by atoms with Gasteiger partial charge in [0.15, 0.2) is 0 Å². The maximum atomic E-state index is 13.3. The molecule has 0 bridgehead atoms. The third-order valence-corrected chi connectivity index (χ3v) is 9.42. The Morgan fingerprint density at radius 1 is 0.765 bits per heavy atom. The molecule has 2 aliphatic heterocycles. The lowest BCUT2D eigenvalue weighted by molar-refractivity contribution is -0.265. The van der Waals surface area contributed by atoms with E-state index in [0.717, 1.165) is 28.5 Å². The van der Waals surface area contributed by atoms with E-state index in [0.29, 0.717) is 0 Å². The third kappa shape index (κ3) is 10.7. The highest BCUT2D eigenvalue weighted by Crippen LogP contribution is 2.45. The number of hydrogen-bond acceptors (Lipinski definition) is 12. The fraction of sp³-hybridized carbons (Fsp3) is 0.368. The highest BCUT2D eigenvalue weighted by Gasteiger charge is 2.53. The van der Waals surface area contributed by atoms with Crippen LogP contribution in [0.1, 0.15) is 37.0 Å². The van der Waals surface area contributed by atoms with E-state index >= 15 is 0 Å². The quantitative estimate of drug-likeness (QED) is 0.173. The zero-order chi connectivity index (χ0) is 36.2. The Hall–Kier alpha value is -4.69. The van der Waals surface area contributed by atoms with Crippen LogP contribution >= 0.6 is 11.8 Å². The molecule has 3 aromatic carbocycles. The van der Waals surface area contributed by atoms with Gasteiger partial charge in [0.1, 0.15) is 53.5 Å². The molecule has 0 spiro atoms. The zero-order valence-corrected chi connectivity index (χ0v) is 29.4. The predicted octanol–water partition coefficient (Wildman–Crippen LogP) is 4.60. The summed E-state index contributed by atoms with van der Waals surface area (Å²) in [6.45, 7) is 2.78. The molecule has 2 heterocycles. The van der Waals surface area contributed by atoms with Crippen molar-refractivity contribution < 1.29 is 52.3 Å². The van der Waals surface area contributed by atoms with Crippen LogP contribution in [-0.4, -0.2) is 73.4 Å². The van der Waals surface area contributed by atoms with Crippen LogP contribution in [0.5, 0.6) is 0 Å². The largest absolute Gasteiger partial charge is 0.466 e. The molecule has 6 atom stereocenters. The van der Waals surface area contributed by atoms with Gasteiger partial charge in [-0.05, 0) is 16.7 Å². The average Bonchev–Trinajstić information content (AvgIpc) is 3.14. The molecule has 5 rings (SSSR count). The van der Waals surface area contributed by atoms with Gasteiger partial charge < -0.3 is 38.5 Å². The van der Waals surface area contributed by atoms with Crippen molar-refractivity contribution in [1.29, 1.82) is 0 Å². The standard InChI is InChI=1S/C38H41NO11S/c1-24(40)39-29(36(42)48-22-28-17-11-6-12-18-28)19-30-34(37(43)44-3)51-35-33(47-21-27-15-9-5-10-16-27)32(46-20-26-13-7-4-8-14-26)31(23-45-25(2)41)50-38(35)49-30/h4-18,29,31-33,35,38H,19-23H2,1-3H3,(H,39,40)/t29-,31+,32+,33-,35+,38-/m0/s1. The Morgan fingerprint density at radius 3 is 1.84 bits per heavy atom. The molecule has 1 N–H and O–H groups in total. The molecule has 1 fully saturated rings. The topological polar surface area (TPSA) is 145 Å². The van der Waals surface area contributed by atoms with Gasteiger partial charge in [-0.25, -0.2) is 9.59 Å². The van der Waals surface area contributed by atoms with Crippen LogP contribution in [0.2, 0.25) is 0 Å². The first-order chi connectivity index (χ1) is 24.7. The summed E-state index contributed by atoms with van der Waals surface area (Å²) < 4.78 is 41.9. The minimum Gasteiger partial charge on any atom is -0.466 e. The van der Waals surface area contributed by atoms with Crippen LogP contribution in [0, 0.1) is 0 Å². The van der Waals surface area contributed by atoms with E-state index < -0.39 is 59.7 Å². The number of nitrogens with one attached hydrogen (secondary N) is 1. The summed E-state index contributed by atoms with van der Waals surface area (Å²) in [5, 5.41) is 1.93. The first-order valence-corrected chi connectivity index (χ1v) is 17.3. The summed E-state index contributed by atoms with van der Waals surface area (Å²) in [5.41, 5.74) is 2.56. The highest BCUT2D eigenvalue weighted by molar-refractivity contribution is 8.04. The third-order valence-electron chi connectivity index (χ3n) is 8.02. The number of ether oxygens (including phenoxy) is 7. The molecule has 0 saturated carbocycles. The summed E-state index contributed by atoms with van der Waals surface area (Å²) in [7, 11) is 1.24. The molecule has 51 heavy (non-hydrogen) atoms. The second kappa shape index (κ2) is 18.5. The summed E-state index contributed by atoms with van der Waals surface area (Å²) >= 11 is 1.11. The Morgan fingerprint density at radius 2 is 1.31 bits per heavy atom. The van der Waals surface area contributed by atoms with E-state index in [1.807, 2.05) is 78.9 Å². The molecule has 1 saturated heterocycles. The fourth-order valence-electron chi connectivity index (χ4n) is 5.60. The van der Waals surface area contributed by atoms with E-state index in [1.54, 1.807) is 12.1 Å². The number of rotatable bonds is 15. The van der Waals surface area contributed by atoms with Gasteiger partial charge in [-0.3, -0.25) is 9.59 Å². The van der Waals surface area contributed by atoms with Crippen molar-refractivity contribution in [2.24, 2.45) is 0 Å². The Labute approximate surface area is 300 Å². The normalized spacial score (nSPS) is 21.7. The maximum Gasteiger partial charge on any atom is 0.347 e. The smallest absolute Gasteiger partial charge is 0.347 e. The number of methoxy groups -OCH3 is 1. The first-order valence-electron chi connectivity index (χ1n) is 16.4. The van der Waals surface area contributed by atoms with Crippen LogP contribution < -0.4 is 5.32 Å². The monoisotopic (exact) mass is 719 g/mol. The van der Waals surface area contributed by atoms with Crippen molar-refractivity contribution in [2.75, 3.05) is 13.7 Å². The van der Waals surface area contributed by atoms with Crippen molar-refractivity contribution in [3.8, 4) is 0 Å². The number of amides is 1. The Balaban J connectivity index is 1.46. The molecule has 0 unspecified atom stereocenters. The number of carbonyl (C=O) groups is 4. The highest BCUT2D eigenvalue weighted by atomic mass is 32.2. The number of hydrogen-bond donors (Lipinski definition) is 1. The molecule has 12 nitrogen and oxygen atoms in total. The van der Waals surface area contributed by atoms with Crippen molar-refractivity contribution in [2.45, 2.75) is 76.0 Å². The van der Waals surface area contributed by atoms with Gasteiger partial charge >= 0.3 is 17.9 Å². The number of esters is 3. The molecular formula is C38H41NO11S. The lowest BCUT2D eigenvalue weighted by Gasteiger charge is -2.47. The van der Waals surface area contributed by atoms with Gasteiger partial charge in [0, 0.05) is 20.3 Å². The van der Waals surface area contributed by atoms with Gasteiger partial charge in [-0.1, -0.05) is 91.0 Å². The second-order valence-corrected chi connectivity index (χ2v) is 13.1. The van der Waals surface area contributed by atoms with Crippen LogP contribution in [-0.2, 0) is 72.2 Å². The molecule has 3 aromatic rings. The molecule has 13 heteroatoms. The number of carbonyl (C=O) groups excluding carboxylic acids is 4. The number of benzene rings is 3. The zero-order valence-electron chi connectivity index (χ0n) is 28.6. The molecule has 0 aliphatic carbocycles. The molecule has 1 amide bonds. The minimum absolute atomic E-state index is 0.0231. The van der Waals surface area contributed by atoms with E-state index in [2.05, 4.69) is 5.32 Å². The van der Waals surface area contributed by atoms with Crippen LogP contribution in [0.4, 0.5) is 0 Å². The van der Waals surface area contributed by atoms with E-state index in [1.165, 1.54) is 21.0 Å². The molecule has 270 valence electrons. The van der Waals surface area contributed by atoms with Crippen molar-refractivity contribution in [3.63, 3.8) is 0 Å². The van der Waals surface area contributed by atoms with Crippen LogP contribution in [0.3, 0.4) is 0 Å². The van der Waals surface area contributed by atoms with Crippen molar-refractivity contribution >= 4 is 35.6 Å². The van der Waals surface area contributed by atoms with Gasteiger partial charge in [0.05, 0.1) is 20.3 Å². The average molecular weight is 720 g/mol. The van der Waals surface area contributed by atoms with E-state index in [4.69, 9.17) is 33.2 Å². The second-order valence-electron chi connectivity index (χ2n) is 11.9. The Kier molecular flexibility index (Phi) is 13.6. The van der Waals surface area contributed by atoms with Crippen LogP contribution in [0.25, 0.3) is 0 Å². The molecule has 0 radical (unpaired) electrons. The summed E-state index contributed by atoms with van der Waals surface area (Å²) in [5.74, 6) is -2.37. The predicted molar refractivity (Wildman–Crippen MR) is 185 cm³/mol. The lowest BCUT2D eigenvalue weighted by atomic mass is 10.00. The van der Waals surface area contributed by atoms with E-state index in [9.17, 15) is 19.2 Å². The summed E-state index contributed by atoms with van der Waals surface area (Å²) in [6.07, 6.45) is -3.65. The minimum atomic E-state index is -1.20. The van der Waals surface area contributed by atoms with Gasteiger partial charge in [-0.15, -0.1) is 11.8 Å². The summed E-state index contributed by atoms with van der Waals surface area (Å²) in [4.78, 5) is 50.8. The van der Waals surface area contributed by atoms with Crippen molar-refractivity contribution in [3.05, 3.63) is 118 Å². The maximum absolute atomic E-state index is 13.3. The number of fused-ring (bicyclic) bond motifs is 1. The molecule has 2 aliphatic rings.